The maximum atomic E-state index is 4.88. The molecule has 656 valence electrons. The van der Waals surface area contributed by atoms with Crippen molar-refractivity contribution in [1.82, 2.24) is 19.9 Å². The third kappa shape index (κ3) is 10.8. The topological polar surface area (TPSA) is 64.5 Å². The van der Waals surface area contributed by atoms with Crippen molar-refractivity contribution >= 4 is 68.4 Å². The second kappa shape index (κ2) is 28.5. The van der Waals surface area contributed by atoms with Gasteiger partial charge in [0.25, 0.3) is 0 Å². The molecule has 8 aliphatic heterocycles. The van der Waals surface area contributed by atoms with Gasteiger partial charge in [0.05, 0.1) is 74.5 Å². The maximum Gasteiger partial charge on any atom is 0.141 e. The van der Waals surface area contributed by atoms with Crippen LogP contribution in [0.25, 0.3) is 89.0 Å². The molecule has 8 aliphatic carbocycles. The van der Waals surface area contributed by atoms with Gasteiger partial charge in [-0.3, -0.25) is 19.9 Å². The standard InChI is InChI=1S/4C33H22N2/c1-2-9-26-19(5-1)13-24-16-25-14-20-10-11-30-29(31(20)28(25)18-27(24)26)17-22-7-3-6-21-15-23-8-4-12-34-33(23)35(30)32(21)22;1-2-8-25-19(5-1)13-23-15-24-14-20-10-11-30-28(32(20)27(24)18-26(23)25)16-21-6-3-7-22-17-29-31(9-4-12-34-29)35(30)33(21)22;1-2-7-26-19(4-1)12-24-15-25-14-21-8-9-30-29(32(21)28(25)17-27(24)26)16-23-6-3-5-22-13-20-10-11-34-18-31(20)35(30)33(22)23;1-2-7-26-19(4-1)12-23-15-24-13-20-8-9-31-29(32(20)28(24)17-27(23)26)16-22-6-3-5-21-14-25-18-34-11-10-30(25)35(31)33(21)22/h1-12,16,18H,13-15,17H2;1-12,15,18H,13-14,16-17H2;2*1-11,15,17-18H,12-14,16H2. The molecule has 0 spiro atoms. The fourth-order valence-electron chi connectivity index (χ4n) is 28.5. The Bertz CT molecular complexity index is 8090. The lowest BCUT2D eigenvalue weighted by Crippen LogP contribution is -2.25. The van der Waals surface area contributed by atoms with Gasteiger partial charge in [0.15, 0.2) is 0 Å². The van der Waals surface area contributed by atoms with Crippen molar-refractivity contribution in [3.05, 3.63) is 519 Å². The van der Waals surface area contributed by atoms with Crippen molar-refractivity contribution < 1.29 is 0 Å². The Labute approximate surface area is 812 Å². The first-order valence-electron chi connectivity index (χ1n) is 50.3. The average molecular weight is 1790 g/mol. The molecule has 0 unspecified atom stereocenters. The zero-order valence-electron chi connectivity index (χ0n) is 77.2. The Morgan fingerprint density at radius 1 is 0.157 bits per heavy atom. The van der Waals surface area contributed by atoms with Gasteiger partial charge in [-0.15, -0.1) is 0 Å². The van der Waals surface area contributed by atoms with E-state index in [-0.39, 0.29) is 0 Å². The van der Waals surface area contributed by atoms with Crippen LogP contribution < -0.4 is 19.6 Å². The van der Waals surface area contributed by atoms with Crippen LogP contribution in [0.2, 0.25) is 0 Å². The van der Waals surface area contributed by atoms with E-state index in [1.807, 2.05) is 31.0 Å². The number of para-hydroxylation sites is 4. The van der Waals surface area contributed by atoms with Crippen LogP contribution in [0.4, 0.5) is 68.4 Å². The third-order valence-electron chi connectivity index (χ3n) is 34.2. The number of pyridine rings is 4. The summed E-state index contributed by atoms with van der Waals surface area (Å²) in [6.07, 6.45) is 27.9. The first-order chi connectivity index (χ1) is 69.3. The summed E-state index contributed by atoms with van der Waals surface area (Å²) in [5.41, 5.74) is 83.4. The molecule has 16 aromatic carbocycles. The number of fused-ring (bicyclic) bond motifs is 44. The van der Waals surface area contributed by atoms with Gasteiger partial charge < -0.3 is 14.7 Å². The number of nitrogens with zero attached hydrogens (tertiary/aromatic N) is 8. The third-order valence-corrected chi connectivity index (χ3v) is 34.2. The highest BCUT2D eigenvalue weighted by Gasteiger charge is 2.44. The van der Waals surface area contributed by atoms with E-state index in [1.54, 1.807) is 0 Å². The highest BCUT2D eigenvalue weighted by Crippen LogP contribution is 2.63. The van der Waals surface area contributed by atoms with Gasteiger partial charge in [-0.25, -0.2) is 4.98 Å². The number of benzene rings is 16. The van der Waals surface area contributed by atoms with E-state index in [0.717, 1.165) is 109 Å². The zero-order chi connectivity index (χ0) is 90.7. The number of anilines is 12. The Morgan fingerprint density at radius 3 is 0.900 bits per heavy atom. The molecule has 0 atom stereocenters. The molecule has 8 nitrogen and oxygen atoms in total. The molecule has 0 radical (unpaired) electrons. The van der Waals surface area contributed by atoms with Crippen LogP contribution in [-0.4, -0.2) is 19.9 Å². The molecule has 0 bridgehead atoms. The van der Waals surface area contributed by atoms with Crippen molar-refractivity contribution in [3.8, 4) is 89.0 Å². The van der Waals surface area contributed by atoms with Gasteiger partial charge in [0.1, 0.15) is 5.82 Å². The minimum atomic E-state index is 0.907. The van der Waals surface area contributed by atoms with E-state index < -0.39 is 0 Å². The fraction of sp³-hybridized carbons (Fsp3) is 0.121. The van der Waals surface area contributed by atoms with Gasteiger partial charge in [-0.05, 0) is 392 Å². The predicted molar refractivity (Wildman–Crippen MR) is 564 cm³/mol. The monoisotopic (exact) mass is 1780 g/mol. The smallest absolute Gasteiger partial charge is 0.141 e. The SMILES string of the molecule is c1ccc2c(c1)Cc1cc3c(cc1-2)-c1c(ccc2c1Cc1cccc4c1N2c1cccnc1C4)C3.c1ccc2c(c1)Cc1cc3c(cc1-2)-c1c(ccc2c1Cc1cccc4c1N2c1ccncc1C4)C3.c1ccc2c(c1)Cc1cc3c(cc1-2)-c1c(ccc2c1Cc1cccc4c1N2c1cnccc1C4)C3.c1ccc2c(c1)Cc1cc3c(cc1-2)-c1c(ccc2c1Cc1cccc4c1N2c1ncccc1C4)C3. The lowest BCUT2D eigenvalue weighted by atomic mass is 9.84. The van der Waals surface area contributed by atoms with E-state index in [1.165, 1.54) is 330 Å². The van der Waals surface area contributed by atoms with Crippen LogP contribution in [0.1, 0.15) is 178 Å². The molecule has 0 amide bonds. The van der Waals surface area contributed by atoms with E-state index >= 15 is 0 Å². The van der Waals surface area contributed by atoms with E-state index in [9.17, 15) is 0 Å². The summed E-state index contributed by atoms with van der Waals surface area (Å²) in [6, 6.07) is 115. The highest BCUT2D eigenvalue weighted by molar-refractivity contribution is 6.03. The van der Waals surface area contributed by atoms with Crippen LogP contribution in [-0.2, 0) is 103 Å². The summed E-state index contributed by atoms with van der Waals surface area (Å²) in [7, 11) is 0. The van der Waals surface area contributed by atoms with Crippen molar-refractivity contribution in [2.24, 2.45) is 0 Å². The van der Waals surface area contributed by atoms with Crippen LogP contribution >= 0.6 is 0 Å². The van der Waals surface area contributed by atoms with E-state index in [0.29, 0.717) is 0 Å². The largest absolute Gasteiger partial charge is 0.309 e. The Kier molecular flexibility index (Phi) is 15.6. The summed E-state index contributed by atoms with van der Waals surface area (Å²) < 4.78 is 0. The van der Waals surface area contributed by atoms with Gasteiger partial charge in [-0.1, -0.05) is 224 Å². The molecule has 0 saturated heterocycles. The van der Waals surface area contributed by atoms with Gasteiger partial charge >= 0.3 is 0 Å². The van der Waals surface area contributed by atoms with E-state index in [4.69, 9.17) is 9.97 Å². The number of hydrogen-bond acceptors (Lipinski definition) is 8. The first-order valence-corrected chi connectivity index (χ1v) is 50.3. The van der Waals surface area contributed by atoms with Gasteiger partial charge in [0, 0.05) is 82.4 Å². The lowest BCUT2D eigenvalue weighted by Gasteiger charge is -2.40. The average Bonchev–Trinajstić information content (AvgIpc) is 1.40. The Hall–Kier alpha value is -16.7. The molecule has 4 aromatic heterocycles. The molecular formula is C132H88N8. The van der Waals surface area contributed by atoms with Crippen LogP contribution in [0, 0.1) is 0 Å². The Morgan fingerprint density at radius 2 is 0.464 bits per heavy atom. The van der Waals surface area contributed by atoms with E-state index in [2.05, 4.69) is 339 Å². The minimum absolute atomic E-state index is 0.907. The van der Waals surface area contributed by atoms with Crippen LogP contribution in [0.5, 0.6) is 0 Å². The lowest BCUT2D eigenvalue weighted by molar-refractivity contribution is 0.971. The van der Waals surface area contributed by atoms with Gasteiger partial charge in [-0.2, -0.15) is 0 Å². The van der Waals surface area contributed by atoms with Crippen molar-refractivity contribution in [2.75, 3.05) is 19.6 Å². The Balaban J connectivity index is 0.0000000829. The second-order valence-corrected chi connectivity index (χ2v) is 41.5. The summed E-state index contributed by atoms with van der Waals surface area (Å²) in [5, 5.41) is 0. The molecule has 36 rings (SSSR count). The van der Waals surface area contributed by atoms with Gasteiger partial charge in [0.2, 0.25) is 0 Å². The summed E-state index contributed by atoms with van der Waals surface area (Å²) in [4.78, 5) is 28.6. The quantitative estimate of drug-likeness (QED) is 0.149. The maximum absolute atomic E-state index is 4.88. The fourth-order valence-corrected chi connectivity index (χ4v) is 28.5. The normalized spacial score (nSPS) is 14.9. The van der Waals surface area contributed by atoms with Crippen molar-refractivity contribution in [1.29, 1.82) is 0 Å². The molecule has 0 saturated carbocycles. The highest BCUT2D eigenvalue weighted by atomic mass is 15.2. The molecule has 140 heavy (non-hydrogen) atoms. The molecular weight excluding hydrogens is 1700 g/mol. The molecule has 0 N–H and O–H groups in total. The number of rotatable bonds is 0. The predicted octanol–water partition coefficient (Wildman–Crippen LogP) is 30.0. The molecule has 20 aromatic rings. The molecule has 8 heteroatoms. The van der Waals surface area contributed by atoms with Crippen LogP contribution in [0.15, 0.2) is 340 Å². The summed E-state index contributed by atoms with van der Waals surface area (Å²) in [5.74, 6) is 1.09. The second-order valence-electron chi connectivity index (χ2n) is 41.5. The van der Waals surface area contributed by atoms with Crippen LogP contribution in [0.3, 0.4) is 0 Å². The minimum Gasteiger partial charge on any atom is -0.309 e. The van der Waals surface area contributed by atoms with Crippen molar-refractivity contribution in [2.45, 2.75) is 103 Å². The number of aromatic nitrogens is 4. The first kappa shape index (κ1) is 76.5. The molecule has 0 fully saturated rings. The molecule has 12 heterocycles. The number of hydrogen-bond donors (Lipinski definition) is 0. The summed E-state index contributed by atoms with van der Waals surface area (Å²) >= 11 is 0. The zero-order valence-corrected chi connectivity index (χ0v) is 77.2. The molecule has 16 aliphatic rings. The summed E-state index contributed by atoms with van der Waals surface area (Å²) in [6.45, 7) is 0. The van der Waals surface area contributed by atoms with Crippen molar-refractivity contribution in [3.63, 3.8) is 0 Å².